The van der Waals surface area contributed by atoms with E-state index < -0.39 is 0 Å². The minimum Gasteiger partial charge on any atom is -0.454 e. The van der Waals surface area contributed by atoms with E-state index in [4.69, 9.17) is 34.0 Å². The molecule has 1 aromatic carbocycles. The maximum atomic E-state index is 6.10. The zero-order chi connectivity index (χ0) is 11.7. The predicted octanol–water partition coefficient (Wildman–Crippen LogP) is 4.00. The van der Waals surface area contributed by atoms with E-state index in [1.54, 1.807) is 18.2 Å². The summed E-state index contributed by atoms with van der Waals surface area (Å²) in [6.45, 7) is 0. The van der Waals surface area contributed by atoms with Crippen molar-refractivity contribution in [3.8, 4) is 11.3 Å². The van der Waals surface area contributed by atoms with Gasteiger partial charge in [-0.05, 0) is 30.3 Å². The van der Waals surface area contributed by atoms with Gasteiger partial charge in [-0.3, -0.25) is 0 Å². The SMILES string of the molecule is NC(=S)c1ccc(-c2ccc(Br)cc2Cl)o1. The molecule has 0 aliphatic carbocycles. The van der Waals surface area contributed by atoms with Gasteiger partial charge in [0.25, 0.3) is 0 Å². The zero-order valence-corrected chi connectivity index (χ0v) is 11.2. The van der Waals surface area contributed by atoms with E-state index in [2.05, 4.69) is 15.9 Å². The topological polar surface area (TPSA) is 39.2 Å². The van der Waals surface area contributed by atoms with Crippen molar-refractivity contribution >= 4 is 44.7 Å². The fourth-order valence-corrected chi connectivity index (χ4v) is 2.18. The number of hydrogen-bond donors (Lipinski definition) is 1. The van der Waals surface area contributed by atoms with Crippen LogP contribution in [0, 0.1) is 0 Å². The predicted molar refractivity (Wildman–Crippen MR) is 72.7 cm³/mol. The first kappa shape index (κ1) is 11.6. The van der Waals surface area contributed by atoms with Crippen molar-refractivity contribution in [3.63, 3.8) is 0 Å². The van der Waals surface area contributed by atoms with E-state index in [1.807, 2.05) is 12.1 Å². The Labute approximate surface area is 112 Å². The number of nitrogens with two attached hydrogens (primary N) is 1. The minimum absolute atomic E-state index is 0.236. The molecule has 0 aliphatic heterocycles. The Morgan fingerprint density at radius 1 is 1.31 bits per heavy atom. The van der Waals surface area contributed by atoms with Crippen molar-refractivity contribution < 1.29 is 4.42 Å². The molecule has 1 heterocycles. The Balaban J connectivity index is 2.46. The quantitative estimate of drug-likeness (QED) is 0.851. The molecule has 0 saturated carbocycles. The molecule has 2 N–H and O–H groups in total. The Bertz CT molecular complexity index is 553. The van der Waals surface area contributed by atoms with Crippen LogP contribution >= 0.6 is 39.7 Å². The van der Waals surface area contributed by atoms with Crippen LogP contribution in [0.2, 0.25) is 5.02 Å². The van der Waals surface area contributed by atoms with E-state index in [-0.39, 0.29) is 4.99 Å². The van der Waals surface area contributed by atoms with Crippen LogP contribution in [0.25, 0.3) is 11.3 Å². The molecule has 82 valence electrons. The maximum Gasteiger partial charge on any atom is 0.161 e. The Morgan fingerprint density at radius 2 is 2.06 bits per heavy atom. The van der Waals surface area contributed by atoms with Gasteiger partial charge in [0.05, 0.1) is 5.02 Å². The van der Waals surface area contributed by atoms with Crippen molar-refractivity contribution in [1.29, 1.82) is 0 Å². The molecule has 16 heavy (non-hydrogen) atoms. The summed E-state index contributed by atoms with van der Waals surface area (Å²) in [6, 6.07) is 9.10. The van der Waals surface area contributed by atoms with Gasteiger partial charge in [-0.25, -0.2) is 0 Å². The summed E-state index contributed by atoms with van der Waals surface area (Å²) in [6.07, 6.45) is 0. The van der Waals surface area contributed by atoms with Gasteiger partial charge in [-0.1, -0.05) is 39.7 Å². The second kappa shape index (κ2) is 4.57. The lowest BCUT2D eigenvalue weighted by Crippen LogP contribution is -2.07. The van der Waals surface area contributed by atoms with Gasteiger partial charge in [0.15, 0.2) is 5.76 Å². The van der Waals surface area contributed by atoms with Crippen molar-refractivity contribution in [1.82, 2.24) is 0 Å². The molecule has 0 saturated heterocycles. The summed E-state index contributed by atoms with van der Waals surface area (Å²) in [5, 5.41) is 0.609. The lowest BCUT2D eigenvalue weighted by atomic mass is 10.2. The molecule has 1 aromatic heterocycles. The molecule has 0 amide bonds. The fourth-order valence-electron chi connectivity index (χ4n) is 1.30. The van der Waals surface area contributed by atoms with Gasteiger partial charge in [0, 0.05) is 10.0 Å². The summed E-state index contributed by atoms with van der Waals surface area (Å²) >= 11 is 14.3. The first-order valence-corrected chi connectivity index (χ1v) is 6.01. The third kappa shape index (κ3) is 2.29. The van der Waals surface area contributed by atoms with Gasteiger partial charge < -0.3 is 10.2 Å². The van der Waals surface area contributed by atoms with Crippen LogP contribution in [0.5, 0.6) is 0 Å². The number of hydrogen-bond acceptors (Lipinski definition) is 2. The third-order valence-electron chi connectivity index (χ3n) is 2.05. The highest BCUT2D eigenvalue weighted by Crippen LogP contribution is 2.31. The summed E-state index contributed by atoms with van der Waals surface area (Å²) in [7, 11) is 0. The molecule has 0 aliphatic rings. The van der Waals surface area contributed by atoms with E-state index in [9.17, 15) is 0 Å². The molecule has 0 fully saturated rings. The second-order valence-electron chi connectivity index (χ2n) is 3.15. The van der Waals surface area contributed by atoms with E-state index in [1.165, 1.54) is 0 Å². The van der Waals surface area contributed by atoms with Crippen LogP contribution in [0.4, 0.5) is 0 Å². The molecule has 0 bridgehead atoms. The molecular weight excluding hydrogens is 310 g/mol. The molecule has 2 rings (SSSR count). The van der Waals surface area contributed by atoms with Gasteiger partial charge in [0.2, 0.25) is 0 Å². The molecule has 2 nitrogen and oxygen atoms in total. The molecule has 0 spiro atoms. The summed E-state index contributed by atoms with van der Waals surface area (Å²) in [4.78, 5) is 0.236. The van der Waals surface area contributed by atoms with Gasteiger partial charge in [-0.2, -0.15) is 0 Å². The van der Waals surface area contributed by atoms with E-state index in [0.29, 0.717) is 16.5 Å². The Hall–Kier alpha value is -0.840. The average molecular weight is 317 g/mol. The maximum absolute atomic E-state index is 6.10. The second-order valence-corrected chi connectivity index (χ2v) is 4.92. The van der Waals surface area contributed by atoms with Gasteiger partial charge in [0.1, 0.15) is 10.7 Å². The first-order chi connectivity index (χ1) is 7.58. The van der Waals surface area contributed by atoms with Crippen LogP contribution in [-0.2, 0) is 0 Å². The Morgan fingerprint density at radius 3 is 2.62 bits per heavy atom. The molecule has 0 atom stereocenters. The zero-order valence-electron chi connectivity index (χ0n) is 8.04. The molecule has 0 radical (unpaired) electrons. The van der Waals surface area contributed by atoms with Crippen molar-refractivity contribution in [2.45, 2.75) is 0 Å². The molecular formula is C11H7BrClNOS. The highest BCUT2D eigenvalue weighted by molar-refractivity contribution is 9.10. The van der Waals surface area contributed by atoms with Crippen molar-refractivity contribution in [2.75, 3.05) is 0 Å². The number of rotatable bonds is 2. The van der Waals surface area contributed by atoms with Gasteiger partial charge in [-0.15, -0.1) is 0 Å². The molecule has 2 aromatic rings. The Kier molecular flexibility index (Phi) is 3.33. The van der Waals surface area contributed by atoms with Crippen molar-refractivity contribution in [3.05, 3.63) is 45.6 Å². The van der Waals surface area contributed by atoms with Crippen LogP contribution in [-0.4, -0.2) is 4.99 Å². The highest BCUT2D eigenvalue weighted by Gasteiger charge is 2.09. The van der Waals surface area contributed by atoms with Crippen LogP contribution in [0.15, 0.2) is 39.2 Å². The van der Waals surface area contributed by atoms with Crippen LogP contribution in [0.1, 0.15) is 5.76 Å². The minimum atomic E-state index is 0.236. The number of thiocarbonyl (C=S) groups is 1. The smallest absolute Gasteiger partial charge is 0.161 e. The van der Waals surface area contributed by atoms with Crippen LogP contribution in [0.3, 0.4) is 0 Å². The third-order valence-corrected chi connectivity index (χ3v) is 3.05. The normalized spacial score (nSPS) is 10.4. The van der Waals surface area contributed by atoms with Crippen LogP contribution < -0.4 is 5.73 Å². The lowest BCUT2D eigenvalue weighted by Gasteiger charge is -2.01. The number of halogens is 2. The summed E-state index contributed by atoms with van der Waals surface area (Å²) < 4.78 is 6.40. The summed E-state index contributed by atoms with van der Waals surface area (Å²) in [5.74, 6) is 1.14. The monoisotopic (exact) mass is 315 g/mol. The highest BCUT2D eigenvalue weighted by atomic mass is 79.9. The summed E-state index contributed by atoms with van der Waals surface area (Å²) in [5.41, 5.74) is 6.28. The molecule has 5 heteroatoms. The van der Waals surface area contributed by atoms with E-state index >= 15 is 0 Å². The first-order valence-electron chi connectivity index (χ1n) is 4.43. The van der Waals surface area contributed by atoms with E-state index in [0.717, 1.165) is 10.0 Å². The van der Waals surface area contributed by atoms with Gasteiger partial charge >= 0.3 is 0 Å². The standard InChI is InChI=1S/C11H7BrClNOS/c12-6-1-2-7(8(13)5-6)9-3-4-10(15-9)11(14)16/h1-5H,(H2,14,16). The fraction of sp³-hybridized carbons (Fsp3) is 0. The van der Waals surface area contributed by atoms with Crippen molar-refractivity contribution in [2.24, 2.45) is 5.73 Å². The largest absolute Gasteiger partial charge is 0.454 e. The molecule has 0 unspecified atom stereocenters. The average Bonchev–Trinajstić information content (AvgIpc) is 2.66. The number of furan rings is 1. The lowest BCUT2D eigenvalue weighted by molar-refractivity contribution is 0.573. The number of benzene rings is 1.